The monoisotopic (exact) mass is 325 g/mol. The highest BCUT2D eigenvalue weighted by Gasteiger charge is 2.12. The van der Waals surface area contributed by atoms with E-state index < -0.39 is 0 Å². The van der Waals surface area contributed by atoms with Gasteiger partial charge in [-0.25, -0.2) is 0 Å². The SMILES string of the molecule is COc1ccc(-c2cc(C(=O)NCc3cnn(C)c3C)[nH]n2)cc1. The van der Waals surface area contributed by atoms with Crippen LogP contribution in [-0.4, -0.2) is 33.0 Å². The number of carbonyl (C=O) groups is 1. The maximum absolute atomic E-state index is 12.3. The largest absolute Gasteiger partial charge is 0.497 e. The van der Waals surface area contributed by atoms with E-state index >= 15 is 0 Å². The van der Waals surface area contributed by atoms with Crippen molar-refractivity contribution in [3.8, 4) is 17.0 Å². The summed E-state index contributed by atoms with van der Waals surface area (Å²) < 4.78 is 6.91. The number of aromatic nitrogens is 4. The van der Waals surface area contributed by atoms with Crippen LogP contribution in [0.1, 0.15) is 21.7 Å². The number of ether oxygens (including phenoxy) is 1. The molecule has 0 atom stereocenters. The second kappa shape index (κ2) is 6.57. The second-order valence-electron chi connectivity index (χ2n) is 5.46. The molecule has 1 aromatic carbocycles. The van der Waals surface area contributed by atoms with Crippen molar-refractivity contribution in [1.29, 1.82) is 0 Å². The van der Waals surface area contributed by atoms with E-state index in [1.807, 2.05) is 38.2 Å². The molecule has 0 unspecified atom stereocenters. The van der Waals surface area contributed by atoms with Gasteiger partial charge < -0.3 is 10.1 Å². The van der Waals surface area contributed by atoms with Gasteiger partial charge in [0.25, 0.3) is 5.91 Å². The number of carbonyl (C=O) groups excluding carboxylic acids is 1. The molecule has 0 radical (unpaired) electrons. The lowest BCUT2D eigenvalue weighted by molar-refractivity contribution is 0.0946. The van der Waals surface area contributed by atoms with Crippen molar-refractivity contribution in [3.05, 3.63) is 53.5 Å². The van der Waals surface area contributed by atoms with Crippen molar-refractivity contribution in [2.45, 2.75) is 13.5 Å². The molecule has 7 heteroatoms. The molecule has 24 heavy (non-hydrogen) atoms. The number of nitrogens with zero attached hydrogens (tertiary/aromatic N) is 3. The summed E-state index contributed by atoms with van der Waals surface area (Å²) in [5, 5.41) is 14.0. The van der Waals surface area contributed by atoms with Crippen molar-refractivity contribution in [2.75, 3.05) is 7.11 Å². The highest BCUT2D eigenvalue weighted by Crippen LogP contribution is 2.21. The number of hydrogen-bond acceptors (Lipinski definition) is 4. The quantitative estimate of drug-likeness (QED) is 0.752. The lowest BCUT2D eigenvalue weighted by Gasteiger charge is -2.03. The molecule has 2 N–H and O–H groups in total. The normalized spacial score (nSPS) is 10.6. The van der Waals surface area contributed by atoms with Gasteiger partial charge in [-0.1, -0.05) is 0 Å². The number of H-pyrrole nitrogens is 1. The van der Waals surface area contributed by atoms with Crippen LogP contribution in [-0.2, 0) is 13.6 Å². The molecule has 0 aliphatic carbocycles. The third-order valence-corrected chi connectivity index (χ3v) is 3.98. The summed E-state index contributed by atoms with van der Waals surface area (Å²) in [4.78, 5) is 12.3. The highest BCUT2D eigenvalue weighted by molar-refractivity contribution is 5.93. The van der Waals surface area contributed by atoms with Gasteiger partial charge in [0, 0.05) is 30.4 Å². The Kier molecular flexibility index (Phi) is 4.33. The zero-order chi connectivity index (χ0) is 17.1. The van der Waals surface area contributed by atoms with E-state index in [4.69, 9.17) is 4.74 Å². The molecule has 0 spiro atoms. The van der Waals surface area contributed by atoms with Crippen LogP contribution in [0.4, 0.5) is 0 Å². The summed E-state index contributed by atoms with van der Waals surface area (Å²) in [6.45, 7) is 2.39. The first-order valence-corrected chi connectivity index (χ1v) is 7.54. The number of aromatic amines is 1. The fraction of sp³-hybridized carbons (Fsp3) is 0.235. The Morgan fingerprint density at radius 2 is 2.08 bits per heavy atom. The van der Waals surface area contributed by atoms with E-state index in [2.05, 4.69) is 20.6 Å². The first-order valence-electron chi connectivity index (χ1n) is 7.54. The smallest absolute Gasteiger partial charge is 0.269 e. The van der Waals surface area contributed by atoms with Gasteiger partial charge in [0.2, 0.25) is 0 Å². The predicted octanol–water partition coefficient (Wildman–Crippen LogP) is 2.06. The van der Waals surface area contributed by atoms with Crippen LogP contribution in [0.2, 0.25) is 0 Å². The topological polar surface area (TPSA) is 84.8 Å². The van der Waals surface area contributed by atoms with E-state index in [1.165, 1.54) is 0 Å². The van der Waals surface area contributed by atoms with E-state index in [1.54, 1.807) is 24.1 Å². The first kappa shape index (κ1) is 15.8. The molecule has 0 aliphatic rings. The summed E-state index contributed by atoms with van der Waals surface area (Å²) in [5.74, 6) is 0.574. The maximum atomic E-state index is 12.3. The van der Waals surface area contributed by atoms with Gasteiger partial charge in [-0.15, -0.1) is 0 Å². The number of rotatable bonds is 5. The molecule has 3 aromatic rings. The van der Waals surface area contributed by atoms with E-state index in [-0.39, 0.29) is 5.91 Å². The van der Waals surface area contributed by atoms with Gasteiger partial charge >= 0.3 is 0 Å². The Hall–Kier alpha value is -3.09. The van der Waals surface area contributed by atoms with Gasteiger partial charge in [0.05, 0.1) is 19.0 Å². The Morgan fingerprint density at radius 3 is 2.71 bits per heavy atom. The van der Waals surface area contributed by atoms with Gasteiger partial charge in [0.1, 0.15) is 11.4 Å². The molecule has 2 heterocycles. The summed E-state index contributed by atoms with van der Waals surface area (Å²) in [5.41, 5.74) is 4.05. The fourth-order valence-electron chi connectivity index (χ4n) is 2.34. The van der Waals surface area contributed by atoms with E-state index in [0.717, 1.165) is 22.6 Å². The van der Waals surface area contributed by atoms with Crippen molar-refractivity contribution in [2.24, 2.45) is 7.05 Å². The van der Waals surface area contributed by atoms with Crippen LogP contribution in [0, 0.1) is 6.92 Å². The van der Waals surface area contributed by atoms with Gasteiger partial charge in [-0.05, 0) is 37.3 Å². The van der Waals surface area contributed by atoms with Crippen molar-refractivity contribution in [3.63, 3.8) is 0 Å². The third kappa shape index (κ3) is 3.15. The zero-order valence-electron chi connectivity index (χ0n) is 13.8. The number of benzene rings is 1. The van der Waals surface area contributed by atoms with Crippen LogP contribution in [0.5, 0.6) is 5.75 Å². The molecule has 2 aromatic heterocycles. The first-order chi connectivity index (χ1) is 11.6. The molecule has 124 valence electrons. The molecular weight excluding hydrogens is 306 g/mol. The van der Waals surface area contributed by atoms with Gasteiger partial charge in [0.15, 0.2) is 0 Å². The Balaban J connectivity index is 1.68. The van der Waals surface area contributed by atoms with Crippen molar-refractivity contribution < 1.29 is 9.53 Å². The molecule has 7 nitrogen and oxygen atoms in total. The summed E-state index contributed by atoms with van der Waals surface area (Å²) in [6.07, 6.45) is 1.76. The highest BCUT2D eigenvalue weighted by atomic mass is 16.5. The minimum atomic E-state index is -0.203. The van der Waals surface area contributed by atoms with Crippen LogP contribution in [0.25, 0.3) is 11.3 Å². The minimum Gasteiger partial charge on any atom is -0.497 e. The summed E-state index contributed by atoms with van der Waals surface area (Å²) in [6, 6.07) is 9.24. The molecule has 3 rings (SSSR count). The minimum absolute atomic E-state index is 0.203. The molecule has 0 aliphatic heterocycles. The van der Waals surface area contributed by atoms with Crippen molar-refractivity contribution in [1.82, 2.24) is 25.3 Å². The summed E-state index contributed by atoms with van der Waals surface area (Å²) >= 11 is 0. The lowest BCUT2D eigenvalue weighted by atomic mass is 10.1. The fourth-order valence-corrected chi connectivity index (χ4v) is 2.34. The van der Waals surface area contributed by atoms with Gasteiger partial charge in [-0.3, -0.25) is 14.6 Å². The number of methoxy groups -OCH3 is 1. The molecule has 1 amide bonds. The zero-order valence-corrected chi connectivity index (χ0v) is 13.8. The molecular formula is C17H19N5O2. The van der Waals surface area contributed by atoms with E-state index in [9.17, 15) is 4.79 Å². The lowest BCUT2D eigenvalue weighted by Crippen LogP contribution is -2.23. The van der Waals surface area contributed by atoms with E-state index in [0.29, 0.717) is 17.9 Å². The molecule has 0 fully saturated rings. The molecule has 0 saturated carbocycles. The Bertz CT molecular complexity index is 848. The van der Waals surface area contributed by atoms with Crippen molar-refractivity contribution >= 4 is 5.91 Å². The molecule has 0 bridgehead atoms. The van der Waals surface area contributed by atoms with Crippen LogP contribution >= 0.6 is 0 Å². The number of hydrogen-bond donors (Lipinski definition) is 2. The average Bonchev–Trinajstić information content (AvgIpc) is 3.22. The van der Waals surface area contributed by atoms with Crippen LogP contribution in [0.15, 0.2) is 36.5 Å². The predicted molar refractivity (Wildman–Crippen MR) is 89.7 cm³/mol. The maximum Gasteiger partial charge on any atom is 0.269 e. The van der Waals surface area contributed by atoms with Gasteiger partial charge in [-0.2, -0.15) is 10.2 Å². The average molecular weight is 325 g/mol. The molecule has 0 saturated heterocycles. The van der Waals surface area contributed by atoms with Crippen LogP contribution < -0.4 is 10.1 Å². The summed E-state index contributed by atoms with van der Waals surface area (Å²) in [7, 11) is 3.49. The van der Waals surface area contributed by atoms with Crippen LogP contribution in [0.3, 0.4) is 0 Å². The Morgan fingerprint density at radius 1 is 1.33 bits per heavy atom. The second-order valence-corrected chi connectivity index (χ2v) is 5.46. The third-order valence-electron chi connectivity index (χ3n) is 3.98. The Labute approximate surface area is 139 Å². The standard InChI is InChI=1S/C17H19N5O2/c1-11-13(10-19-22(11)2)9-18-17(23)16-8-15(20-21-16)12-4-6-14(24-3)7-5-12/h4-8,10H,9H2,1-3H3,(H,18,23)(H,20,21). The number of nitrogens with one attached hydrogen (secondary N) is 2. The number of aryl methyl sites for hydroxylation is 1. The number of amides is 1.